The molecule has 0 atom stereocenters. The predicted octanol–water partition coefficient (Wildman–Crippen LogP) is -0.237. The highest BCUT2D eigenvalue weighted by molar-refractivity contribution is 5.83. The van der Waals surface area contributed by atoms with Gasteiger partial charge in [0.2, 0.25) is 5.82 Å². The fraction of sp³-hybridized carbons (Fsp3) is 0. The average molecular weight is 271 g/mol. The number of halogens is 2. The second kappa shape index (κ2) is 4.08. The van der Waals surface area contributed by atoms with Gasteiger partial charge < -0.3 is 9.97 Å². The Labute approximate surface area is 100 Å². The van der Waals surface area contributed by atoms with Gasteiger partial charge in [0, 0.05) is 6.07 Å². The van der Waals surface area contributed by atoms with Crippen molar-refractivity contribution in [2.45, 2.75) is 0 Å². The van der Waals surface area contributed by atoms with Crippen molar-refractivity contribution in [1.82, 2.24) is 9.97 Å². The second-order valence-electron chi connectivity index (χ2n) is 3.44. The van der Waals surface area contributed by atoms with E-state index in [2.05, 4.69) is 0 Å². The van der Waals surface area contributed by atoms with E-state index < -0.39 is 49.8 Å². The molecule has 0 spiro atoms. The number of H-pyrrole nitrogens is 2. The van der Waals surface area contributed by atoms with Crippen LogP contribution < -0.4 is 16.5 Å². The average Bonchev–Trinajstić information content (AvgIpc) is 2.42. The van der Waals surface area contributed by atoms with E-state index in [0.717, 1.165) is 0 Å². The molecule has 2 N–H and O–H groups in total. The molecule has 0 aliphatic rings. The lowest BCUT2D eigenvalue weighted by atomic mass is 10.2. The van der Waals surface area contributed by atoms with E-state index in [-0.39, 0.29) is 0 Å². The van der Waals surface area contributed by atoms with E-state index in [4.69, 9.17) is 0 Å². The van der Waals surface area contributed by atoms with Crippen molar-refractivity contribution < 1.29 is 13.7 Å². The number of aromatic nitrogens is 2. The molecule has 0 aliphatic carbocycles. The molecule has 98 valence electrons. The molecule has 0 aliphatic heterocycles. The van der Waals surface area contributed by atoms with Gasteiger partial charge in [-0.1, -0.05) is 0 Å². The van der Waals surface area contributed by atoms with Crippen molar-refractivity contribution in [2.24, 2.45) is 0 Å². The maximum absolute atomic E-state index is 13.3. The second-order valence-corrected chi connectivity index (χ2v) is 3.44. The molecule has 0 saturated heterocycles. The van der Waals surface area contributed by atoms with Gasteiger partial charge in [-0.3, -0.25) is 24.5 Å². The van der Waals surface area contributed by atoms with Crippen LogP contribution in [0, 0.1) is 21.7 Å². The quantitative estimate of drug-likeness (QED) is 0.420. The Morgan fingerprint density at radius 3 is 2.26 bits per heavy atom. The zero-order chi connectivity index (χ0) is 14.3. The van der Waals surface area contributed by atoms with Gasteiger partial charge in [-0.05, 0) is 0 Å². The van der Waals surface area contributed by atoms with Gasteiger partial charge in [-0.15, -0.1) is 0 Å². The van der Waals surface area contributed by atoms with E-state index in [0.29, 0.717) is 6.07 Å². The fourth-order valence-electron chi connectivity index (χ4n) is 1.46. The summed E-state index contributed by atoms with van der Waals surface area (Å²) in [5.74, 6) is -3.41. The minimum Gasteiger partial charge on any atom is -0.317 e. The number of hydrogen-bond donors (Lipinski definition) is 2. The number of aromatic amines is 2. The molecule has 1 aromatic heterocycles. The van der Waals surface area contributed by atoms with E-state index in [1.165, 1.54) is 0 Å². The lowest BCUT2D eigenvalue weighted by Crippen LogP contribution is -2.37. The lowest BCUT2D eigenvalue weighted by Gasteiger charge is -1.98. The van der Waals surface area contributed by atoms with Gasteiger partial charge in [-0.2, -0.15) is 4.39 Å². The summed E-state index contributed by atoms with van der Waals surface area (Å²) in [6, 6.07) is 0.425. The summed E-state index contributed by atoms with van der Waals surface area (Å²) in [5, 5.41) is 10.7. The first-order chi connectivity index (χ1) is 8.82. The standard InChI is InChI=1S/C9H3F2N3O5/c10-2-1-3-5(6(4(2)11)14(18)19)13-9(17)7(15)8(16)12-3/h1H,(H2,12,13,15,16,17). The highest BCUT2D eigenvalue weighted by atomic mass is 19.2. The van der Waals surface area contributed by atoms with Crippen molar-refractivity contribution in [1.29, 1.82) is 0 Å². The maximum atomic E-state index is 13.3. The molecule has 0 radical (unpaired) electrons. The van der Waals surface area contributed by atoms with Gasteiger partial charge >= 0.3 is 22.2 Å². The third kappa shape index (κ3) is 1.88. The van der Waals surface area contributed by atoms with Gasteiger partial charge in [0.05, 0.1) is 10.4 Å². The van der Waals surface area contributed by atoms with Crippen LogP contribution >= 0.6 is 0 Å². The monoisotopic (exact) mass is 271 g/mol. The Kier molecular flexibility index (Phi) is 2.70. The van der Waals surface area contributed by atoms with Crippen molar-refractivity contribution in [3.8, 4) is 0 Å². The van der Waals surface area contributed by atoms with Crippen LogP contribution in [0.3, 0.4) is 0 Å². The van der Waals surface area contributed by atoms with Gasteiger partial charge in [0.1, 0.15) is 5.52 Å². The van der Waals surface area contributed by atoms with Crippen LogP contribution in [0.25, 0.3) is 11.0 Å². The molecular weight excluding hydrogens is 268 g/mol. The SMILES string of the molecule is O=c1[nH]c2cc(F)c(F)c([N+](=O)[O-])c2[nH]c(=O)c1=O. The number of benzene rings is 1. The van der Waals surface area contributed by atoms with Crippen LogP contribution in [0.2, 0.25) is 0 Å². The van der Waals surface area contributed by atoms with E-state index >= 15 is 0 Å². The Hall–Kier alpha value is -2.91. The summed E-state index contributed by atoms with van der Waals surface area (Å²) in [4.78, 5) is 46.3. The van der Waals surface area contributed by atoms with Crippen LogP contribution in [0.4, 0.5) is 14.5 Å². The van der Waals surface area contributed by atoms with E-state index in [1.807, 2.05) is 0 Å². The topological polar surface area (TPSA) is 126 Å². The minimum absolute atomic E-state index is 0.425. The number of nitro benzene ring substituents is 1. The summed E-state index contributed by atoms with van der Waals surface area (Å²) < 4.78 is 26.5. The summed E-state index contributed by atoms with van der Waals surface area (Å²) in [5.41, 5.74) is -7.16. The van der Waals surface area contributed by atoms with Gasteiger partial charge in [-0.25, -0.2) is 4.39 Å². The third-order valence-corrected chi connectivity index (χ3v) is 2.28. The highest BCUT2D eigenvalue weighted by Gasteiger charge is 2.24. The number of nitrogens with one attached hydrogen (secondary N) is 2. The first-order valence-corrected chi connectivity index (χ1v) is 4.66. The molecule has 1 heterocycles. The van der Waals surface area contributed by atoms with Crippen molar-refractivity contribution in [3.05, 3.63) is 58.7 Å². The maximum Gasteiger partial charge on any atom is 0.333 e. The fourth-order valence-corrected chi connectivity index (χ4v) is 1.46. The van der Waals surface area contributed by atoms with Crippen molar-refractivity contribution >= 4 is 16.7 Å². The van der Waals surface area contributed by atoms with E-state index in [1.54, 1.807) is 9.97 Å². The van der Waals surface area contributed by atoms with Crippen LogP contribution in [0.5, 0.6) is 0 Å². The van der Waals surface area contributed by atoms with Crippen molar-refractivity contribution in [2.75, 3.05) is 0 Å². The molecule has 0 unspecified atom stereocenters. The lowest BCUT2D eigenvalue weighted by molar-refractivity contribution is -0.386. The normalized spacial score (nSPS) is 10.6. The smallest absolute Gasteiger partial charge is 0.317 e. The number of nitro groups is 1. The van der Waals surface area contributed by atoms with Crippen LogP contribution in [-0.4, -0.2) is 14.9 Å². The molecule has 0 bridgehead atoms. The molecule has 0 amide bonds. The Morgan fingerprint density at radius 2 is 1.68 bits per heavy atom. The number of nitrogens with zero attached hydrogens (tertiary/aromatic N) is 1. The first kappa shape index (κ1) is 12.5. The third-order valence-electron chi connectivity index (χ3n) is 2.28. The van der Waals surface area contributed by atoms with Crippen LogP contribution in [0.1, 0.15) is 0 Å². The summed E-state index contributed by atoms with van der Waals surface area (Å²) in [6.07, 6.45) is 0. The van der Waals surface area contributed by atoms with Gasteiger partial charge in [0.15, 0.2) is 5.82 Å². The summed E-state index contributed by atoms with van der Waals surface area (Å²) >= 11 is 0. The highest BCUT2D eigenvalue weighted by Crippen LogP contribution is 2.26. The molecule has 0 fully saturated rings. The van der Waals surface area contributed by atoms with E-state index in [9.17, 15) is 33.3 Å². The Balaban J connectivity index is 3.24. The minimum atomic E-state index is -1.81. The van der Waals surface area contributed by atoms with Crippen LogP contribution in [-0.2, 0) is 0 Å². The largest absolute Gasteiger partial charge is 0.333 e. The molecular formula is C9H3F2N3O5. The molecule has 1 aromatic carbocycles. The molecule has 19 heavy (non-hydrogen) atoms. The van der Waals surface area contributed by atoms with Crippen molar-refractivity contribution in [3.63, 3.8) is 0 Å². The Bertz CT molecular complexity index is 886. The predicted molar refractivity (Wildman–Crippen MR) is 58.0 cm³/mol. The number of rotatable bonds is 1. The van der Waals surface area contributed by atoms with Crippen LogP contribution in [0.15, 0.2) is 20.4 Å². The number of fused-ring (bicyclic) bond motifs is 1. The van der Waals surface area contributed by atoms with Gasteiger partial charge in [0.25, 0.3) is 0 Å². The molecule has 2 rings (SSSR count). The summed E-state index contributed by atoms with van der Waals surface area (Å²) in [6.45, 7) is 0. The first-order valence-electron chi connectivity index (χ1n) is 4.66. The molecule has 10 heteroatoms. The molecule has 2 aromatic rings. The molecule has 8 nitrogen and oxygen atoms in total. The zero-order valence-electron chi connectivity index (χ0n) is 8.82. The zero-order valence-corrected chi connectivity index (χ0v) is 8.82. The number of hydrogen-bond acceptors (Lipinski definition) is 5. The Morgan fingerprint density at radius 1 is 1.11 bits per heavy atom. The molecule has 0 saturated carbocycles. The summed E-state index contributed by atoms with van der Waals surface area (Å²) in [7, 11) is 0.